The van der Waals surface area contributed by atoms with E-state index in [1.165, 1.54) is 0 Å². The van der Waals surface area contributed by atoms with Crippen LogP contribution in [-0.4, -0.2) is 61.5 Å². The summed E-state index contributed by atoms with van der Waals surface area (Å²) in [6.45, 7) is 4.18. The van der Waals surface area contributed by atoms with Gasteiger partial charge in [-0.25, -0.2) is 19.2 Å². The Labute approximate surface area is 169 Å². The molecular weight excluding hydrogens is 388 g/mol. The van der Waals surface area contributed by atoms with Crippen molar-refractivity contribution in [3.05, 3.63) is 30.6 Å². The molecule has 0 aliphatic carbocycles. The van der Waals surface area contributed by atoms with Crippen molar-refractivity contribution >= 4 is 32.4 Å². The number of anilines is 1. The highest BCUT2D eigenvalue weighted by atomic mass is 32.2. The van der Waals surface area contributed by atoms with Crippen molar-refractivity contribution < 1.29 is 8.95 Å². The average molecular weight is 413 g/mol. The molecule has 2 saturated heterocycles. The number of nitrogens with zero attached hydrogens (tertiary/aromatic N) is 5. The van der Waals surface area contributed by atoms with Crippen molar-refractivity contribution in [1.29, 1.82) is 0 Å². The van der Waals surface area contributed by atoms with Gasteiger partial charge in [0.15, 0.2) is 11.6 Å². The van der Waals surface area contributed by atoms with Gasteiger partial charge in [0.05, 0.1) is 29.0 Å². The number of hydrogen-bond acceptors (Lipinski definition) is 7. The third-order valence-corrected chi connectivity index (χ3v) is 7.87. The second kappa shape index (κ2) is 7.38. The van der Waals surface area contributed by atoms with E-state index in [2.05, 4.69) is 26.2 Å². The van der Waals surface area contributed by atoms with Crippen LogP contribution in [0.3, 0.4) is 0 Å². The molecule has 3 aromatic rings. The van der Waals surface area contributed by atoms with Gasteiger partial charge in [-0.2, -0.15) is 4.36 Å². The van der Waals surface area contributed by atoms with Crippen LogP contribution in [0.4, 0.5) is 11.6 Å². The molecule has 9 heteroatoms. The molecule has 5 rings (SSSR count). The van der Waals surface area contributed by atoms with Gasteiger partial charge < -0.3 is 14.6 Å². The van der Waals surface area contributed by atoms with Crippen LogP contribution in [0.2, 0.25) is 0 Å². The number of hydrogen-bond donors (Lipinski definition) is 1. The van der Waals surface area contributed by atoms with Crippen LogP contribution in [0, 0.1) is 0 Å². The number of ether oxygens (including phenoxy) is 1. The predicted octanol–water partition coefficient (Wildman–Crippen LogP) is 3.14. The Balaban J connectivity index is 1.68. The Bertz CT molecular complexity index is 1150. The summed E-state index contributed by atoms with van der Waals surface area (Å²) in [5.41, 5.74) is 1.67. The third kappa shape index (κ3) is 3.60. The molecule has 8 nitrogen and oxygen atoms in total. The van der Waals surface area contributed by atoms with Crippen molar-refractivity contribution in [1.82, 2.24) is 19.9 Å². The number of fused-ring (bicyclic) bond motifs is 1. The molecule has 2 aliphatic heterocycles. The first-order valence-corrected chi connectivity index (χ1v) is 11.9. The molecule has 0 aromatic carbocycles. The fourth-order valence-corrected chi connectivity index (χ4v) is 6.11. The van der Waals surface area contributed by atoms with Crippen molar-refractivity contribution in [2.45, 2.75) is 25.8 Å². The molecule has 152 valence electrons. The summed E-state index contributed by atoms with van der Waals surface area (Å²) in [6, 6.07) is 5.95. The highest BCUT2D eigenvalue weighted by molar-refractivity contribution is 7.93. The first-order valence-electron chi connectivity index (χ1n) is 10.00. The fraction of sp³-hybridized carbons (Fsp3) is 0.450. The maximum atomic E-state index is 13.0. The van der Waals surface area contributed by atoms with E-state index in [1.54, 1.807) is 6.20 Å². The van der Waals surface area contributed by atoms with E-state index in [9.17, 15) is 4.21 Å². The number of morpholine rings is 1. The van der Waals surface area contributed by atoms with E-state index in [1.807, 2.05) is 24.4 Å². The molecule has 2 aliphatic rings. The molecular formula is C20H24N6O2S. The van der Waals surface area contributed by atoms with Crippen LogP contribution in [-0.2, 0) is 14.5 Å². The number of rotatable bonds is 3. The number of aromatic amines is 1. The number of nitrogens with one attached hydrogen (secondary N) is 1. The molecule has 0 spiro atoms. The SMILES string of the molecule is C[C@@H]1COCCN1c1cc(N=S2(=O)CCCC2)nc(-c2ccnc3[nH]ccc23)n1. The molecule has 29 heavy (non-hydrogen) atoms. The molecule has 1 N–H and O–H groups in total. The van der Waals surface area contributed by atoms with E-state index in [0.717, 1.165) is 41.8 Å². The van der Waals surface area contributed by atoms with E-state index in [4.69, 9.17) is 14.7 Å². The van der Waals surface area contributed by atoms with Crippen LogP contribution < -0.4 is 4.90 Å². The molecule has 0 radical (unpaired) electrons. The lowest BCUT2D eigenvalue weighted by molar-refractivity contribution is 0.0985. The standard InChI is InChI=1S/C20H24N6O2S/c1-14-13-28-9-8-26(14)18-12-17(25-29(27)10-2-3-11-29)23-20(24-18)16-5-7-22-19-15(16)4-6-21-19/h4-7,12,14H,2-3,8-11,13H2,1H3,(H,21,22)/t14-/m1/s1. The van der Waals surface area contributed by atoms with Crippen LogP contribution in [0.5, 0.6) is 0 Å². The number of aromatic nitrogens is 4. The van der Waals surface area contributed by atoms with Crippen LogP contribution in [0.15, 0.2) is 35.0 Å². The molecule has 5 heterocycles. The highest BCUT2D eigenvalue weighted by Gasteiger charge is 2.23. The summed E-state index contributed by atoms with van der Waals surface area (Å²) in [5.74, 6) is 3.16. The lowest BCUT2D eigenvalue weighted by Gasteiger charge is -2.34. The van der Waals surface area contributed by atoms with E-state index in [-0.39, 0.29) is 6.04 Å². The van der Waals surface area contributed by atoms with Crippen LogP contribution in [0.25, 0.3) is 22.4 Å². The normalized spacial score (nSPS) is 21.6. The summed E-state index contributed by atoms with van der Waals surface area (Å²) in [4.78, 5) is 19.3. The van der Waals surface area contributed by atoms with Gasteiger partial charge in [0.1, 0.15) is 11.5 Å². The van der Waals surface area contributed by atoms with Gasteiger partial charge in [-0.3, -0.25) is 0 Å². The van der Waals surface area contributed by atoms with Gasteiger partial charge >= 0.3 is 0 Å². The molecule has 0 bridgehead atoms. The smallest absolute Gasteiger partial charge is 0.167 e. The first-order chi connectivity index (χ1) is 14.1. The molecule has 1 atom stereocenters. The summed E-state index contributed by atoms with van der Waals surface area (Å²) >= 11 is 0. The Kier molecular flexibility index (Phi) is 4.71. The zero-order valence-electron chi connectivity index (χ0n) is 16.4. The second-order valence-electron chi connectivity index (χ2n) is 7.60. The Morgan fingerprint density at radius 2 is 2.14 bits per heavy atom. The van der Waals surface area contributed by atoms with Gasteiger partial charge in [0.25, 0.3) is 0 Å². The van der Waals surface area contributed by atoms with E-state index >= 15 is 0 Å². The molecule has 2 fully saturated rings. The second-order valence-corrected chi connectivity index (χ2v) is 10.1. The maximum absolute atomic E-state index is 13.0. The number of pyridine rings is 1. The highest BCUT2D eigenvalue weighted by Crippen LogP contribution is 2.30. The summed E-state index contributed by atoms with van der Waals surface area (Å²) in [5, 5.41) is 0.954. The zero-order chi connectivity index (χ0) is 19.8. The minimum atomic E-state index is -2.23. The monoisotopic (exact) mass is 412 g/mol. The predicted molar refractivity (Wildman–Crippen MR) is 114 cm³/mol. The van der Waals surface area contributed by atoms with E-state index in [0.29, 0.717) is 36.4 Å². The van der Waals surface area contributed by atoms with Gasteiger partial charge in [-0.1, -0.05) is 0 Å². The molecule has 3 aromatic heterocycles. The maximum Gasteiger partial charge on any atom is 0.167 e. The van der Waals surface area contributed by atoms with Crippen molar-refractivity contribution in [2.24, 2.45) is 4.36 Å². The van der Waals surface area contributed by atoms with Gasteiger partial charge in [-0.05, 0) is 31.9 Å². The van der Waals surface area contributed by atoms with E-state index < -0.39 is 9.73 Å². The Morgan fingerprint density at radius 3 is 2.97 bits per heavy atom. The van der Waals surface area contributed by atoms with Crippen LogP contribution in [0.1, 0.15) is 19.8 Å². The summed E-state index contributed by atoms with van der Waals surface area (Å²) in [6.07, 6.45) is 5.52. The topological polar surface area (TPSA) is 96.4 Å². The number of H-pyrrole nitrogens is 1. The third-order valence-electron chi connectivity index (χ3n) is 5.50. The zero-order valence-corrected chi connectivity index (χ0v) is 17.2. The molecule has 0 unspecified atom stereocenters. The minimum absolute atomic E-state index is 0.198. The van der Waals surface area contributed by atoms with Crippen molar-refractivity contribution in [3.8, 4) is 11.4 Å². The minimum Gasteiger partial charge on any atom is -0.377 e. The largest absolute Gasteiger partial charge is 0.377 e. The van der Waals surface area contributed by atoms with Gasteiger partial charge in [0, 0.05) is 47.5 Å². The average Bonchev–Trinajstić information content (AvgIpc) is 3.36. The quantitative estimate of drug-likeness (QED) is 0.710. The van der Waals surface area contributed by atoms with Crippen LogP contribution >= 0.6 is 0 Å². The Morgan fingerprint density at radius 1 is 1.28 bits per heavy atom. The molecule has 0 saturated carbocycles. The lowest BCUT2D eigenvalue weighted by Crippen LogP contribution is -2.44. The first kappa shape index (κ1) is 18.5. The lowest BCUT2D eigenvalue weighted by atomic mass is 10.1. The Hall–Kier alpha value is -2.52. The van der Waals surface area contributed by atoms with Crippen molar-refractivity contribution in [3.63, 3.8) is 0 Å². The van der Waals surface area contributed by atoms with Crippen molar-refractivity contribution in [2.75, 3.05) is 36.2 Å². The van der Waals surface area contributed by atoms with Gasteiger partial charge in [-0.15, -0.1) is 0 Å². The fourth-order valence-electron chi connectivity index (χ4n) is 3.98. The summed E-state index contributed by atoms with van der Waals surface area (Å²) in [7, 11) is -2.23. The molecule has 0 amide bonds. The van der Waals surface area contributed by atoms with Gasteiger partial charge in [0.2, 0.25) is 0 Å². The summed E-state index contributed by atoms with van der Waals surface area (Å²) < 4.78 is 23.3.